The molecule has 0 aliphatic heterocycles. The van der Waals surface area contributed by atoms with E-state index in [0.717, 1.165) is 44.5 Å². The van der Waals surface area contributed by atoms with Crippen LogP contribution in [0, 0.1) is 0 Å². The first-order valence-electron chi connectivity index (χ1n) is 11.3. The van der Waals surface area contributed by atoms with E-state index in [2.05, 4.69) is 5.10 Å². The molecule has 6 nitrogen and oxygen atoms in total. The minimum atomic E-state index is -0.725. The third-order valence-electron chi connectivity index (χ3n) is 6.41. The second kappa shape index (κ2) is 8.24. The van der Waals surface area contributed by atoms with Crippen molar-refractivity contribution in [3.05, 3.63) is 114 Å². The second-order valence-electron chi connectivity index (χ2n) is 8.55. The summed E-state index contributed by atoms with van der Waals surface area (Å²) < 4.78 is 0. The maximum atomic E-state index is 11.4. The summed E-state index contributed by atoms with van der Waals surface area (Å²) in [5.74, 6) is -0.257. The number of nitrogens with two attached hydrogens (primary N) is 1. The predicted octanol–water partition coefficient (Wildman–Crippen LogP) is 4.94. The molecule has 5 aromatic rings. The van der Waals surface area contributed by atoms with Gasteiger partial charge < -0.3 is 10.8 Å². The molecule has 2 unspecified atom stereocenters. The molecule has 1 aliphatic carbocycles. The zero-order chi connectivity index (χ0) is 23.1. The summed E-state index contributed by atoms with van der Waals surface area (Å²) in [6.45, 7) is 0. The van der Waals surface area contributed by atoms with E-state index >= 15 is 0 Å². The number of aliphatic hydroxyl groups is 1. The number of rotatable bonds is 4. The largest absolute Gasteiger partial charge is 0.398 e. The Morgan fingerprint density at radius 1 is 0.971 bits per heavy atom. The maximum Gasteiger partial charge on any atom is 0.102 e. The number of hydrogen-bond acceptors (Lipinski definition) is 5. The summed E-state index contributed by atoms with van der Waals surface area (Å²) in [7, 11) is 0. The molecule has 2 heterocycles. The van der Waals surface area contributed by atoms with Gasteiger partial charge in [0.15, 0.2) is 0 Å². The van der Waals surface area contributed by atoms with Crippen LogP contribution in [0.4, 0.5) is 5.69 Å². The molecule has 0 saturated carbocycles. The number of aromatic nitrogens is 3. The molecule has 34 heavy (non-hydrogen) atoms. The fourth-order valence-corrected chi connectivity index (χ4v) is 4.73. The lowest BCUT2D eigenvalue weighted by atomic mass is 9.79. The van der Waals surface area contributed by atoms with Gasteiger partial charge in [0.25, 0.3) is 0 Å². The third kappa shape index (κ3) is 3.45. The molecule has 6 rings (SSSR count). The van der Waals surface area contributed by atoms with Gasteiger partial charge >= 0.3 is 0 Å². The molecule has 2 atom stereocenters. The first-order valence-corrected chi connectivity index (χ1v) is 11.3. The van der Waals surface area contributed by atoms with E-state index < -0.39 is 6.10 Å². The van der Waals surface area contributed by atoms with Crippen LogP contribution in [0.2, 0.25) is 0 Å². The molecule has 0 spiro atoms. The zero-order valence-electron chi connectivity index (χ0n) is 18.4. The number of aliphatic hydroxyl groups excluding tert-OH is 1. The Morgan fingerprint density at radius 3 is 2.47 bits per heavy atom. The molecule has 0 radical (unpaired) electrons. The van der Waals surface area contributed by atoms with Gasteiger partial charge in [0.2, 0.25) is 0 Å². The van der Waals surface area contributed by atoms with Gasteiger partial charge in [-0.25, -0.2) is 0 Å². The number of hydrogen-bond donors (Lipinski definition) is 2. The van der Waals surface area contributed by atoms with Crippen LogP contribution >= 0.6 is 0 Å². The standard InChI is InChI=1S/C28H23N5O/c29-25-21-13-7-8-14-23(21)31-27-22(28(34)19-11-5-2-6-12-19)15-20-17-33(32-26(20)24(25)27)30-16-18-9-3-1-4-10-18/h1-14,16-17,22,28,34H,15H2,(H2,29,31)/b30-16+. The number of anilines is 1. The van der Waals surface area contributed by atoms with Gasteiger partial charge in [0.05, 0.1) is 35.4 Å². The van der Waals surface area contributed by atoms with Gasteiger partial charge in [-0.05, 0) is 23.6 Å². The summed E-state index contributed by atoms with van der Waals surface area (Å²) in [6, 6.07) is 27.4. The SMILES string of the molecule is Nc1c2c(nc3ccccc13)C(C(O)c1ccccc1)Cc1cn(/N=C/c3ccccc3)nc1-2. The van der Waals surface area contributed by atoms with Crippen LogP contribution in [0.3, 0.4) is 0 Å². The lowest BCUT2D eigenvalue weighted by Gasteiger charge is -2.29. The van der Waals surface area contributed by atoms with E-state index in [1.807, 2.05) is 91.1 Å². The van der Waals surface area contributed by atoms with Crippen LogP contribution in [0.15, 0.2) is 96.2 Å². The molecular formula is C28H23N5O. The minimum absolute atomic E-state index is 0.257. The number of nitrogen functional groups attached to an aromatic ring is 1. The quantitative estimate of drug-likeness (QED) is 0.384. The molecule has 1 aliphatic rings. The molecule has 0 fully saturated rings. The van der Waals surface area contributed by atoms with Crippen LogP contribution in [-0.2, 0) is 6.42 Å². The van der Waals surface area contributed by atoms with Crippen molar-refractivity contribution in [2.45, 2.75) is 18.4 Å². The Morgan fingerprint density at radius 2 is 1.68 bits per heavy atom. The molecule has 166 valence electrons. The lowest BCUT2D eigenvalue weighted by molar-refractivity contribution is 0.142. The smallest absolute Gasteiger partial charge is 0.102 e. The van der Waals surface area contributed by atoms with Crippen molar-refractivity contribution in [2.75, 3.05) is 5.73 Å². The number of para-hydroxylation sites is 1. The van der Waals surface area contributed by atoms with Crippen LogP contribution in [0.5, 0.6) is 0 Å². The van der Waals surface area contributed by atoms with Crippen molar-refractivity contribution >= 4 is 22.8 Å². The van der Waals surface area contributed by atoms with Crippen LogP contribution in [0.1, 0.15) is 34.4 Å². The van der Waals surface area contributed by atoms with E-state index in [-0.39, 0.29) is 5.92 Å². The molecule has 0 bridgehead atoms. The summed E-state index contributed by atoms with van der Waals surface area (Å²) in [5.41, 5.74) is 13.3. The highest BCUT2D eigenvalue weighted by Gasteiger charge is 2.36. The first kappa shape index (κ1) is 20.3. The van der Waals surface area contributed by atoms with E-state index in [4.69, 9.17) is 15.8 Å². The number of benzene rings is 3. The summed E-state index contributed by atoms with van der Waals surface area (Å²) in [4.78, 5) is 6.56. The Kier molecular flexibility index (Phi) is 4.93. The van der Waals surface area contributed by atoms with Crippen molar-refractivity contribution in [1.29, 1.82) is 0 Å². The van der Waals surface area contributed by atoms with Crippen molar-refractivity contribution in [1.82, 2.24) is 14.9 Å². The normalized spacial score (nSPS) is 15.9. The number of fused-ring (bicyclic) bond motifs is 4. The molecular weight excluding hydrogens is 422 g/mol. The molecule has 0 saturated heterocycles. The summed E-state index contributed by atoms with van der Waals surface area (Å²) in [6.07, 6.45) is 3.55. The zero-order valence-corrected chi connectivity index (χ0v) is 18.4. The van der Waals surface area contributed by atoms with Gasteiger partial charge in [-0.3, -0.25) is 4.98 Å². The fourth-order valence-electron chi connectivity index (χ4n) is 4.73. The third-order valence-corrected chi connectivity index (χ3v) is 6.41. The highest BCUT2D eigenvalue weighted by Crippen LogP contribution is 2.47. The number of nitrogens with zero attached hydrogens (tertiary/aromatic N) is 4. The average molecular weight is 446 g/mol. The van der Waals surface area contributed by atoms with Gasteiger partial charge in [-0.15, -0.1) is 0 Å². The van der Waals surface area contributed by atoms with Crippen molar-refractivity contribution in [2.24, 2.45) is 5.10 Å². The van der Waals surface area contributed by atoms with Crippen LogP contribution in [-0.4, -0.2) is 26.2 Å². The molecule has 3 N–H and O–H groups in total. The monoisotopic (exact) mass is 445 g/mol. The van der Waals surface area contributed by atoms with Crippen LogP contribution < -0.4 is 5.73 Å². The second-order valence-corrected chi connectivity index (χ2v) is 8.55. The first-order chi connectivity index (χ1) is 16.7. The maximum absolute atomic E-state index is 11.4. The Labute approximate surface area is 197 Å². The summed E-state index contributed by atoms with van der Waals surface area (Å²) in [5, 5.41) is 21.6. The lowest BCUT2D eigenvalue weighted by Crippen LogP contribution is -2.20. The van der Waals surface area contributed by atoms with Gasteiger partial charge in [0.1, 0.15) is 5.69 Å². The molecule has 3 aromatic carbocycles. The Balaban J connectivity index is 1.50. The topological polar surface area (TPSA) is 89.3 Å². The van der Waals surface area contributed by atoms with Gasteiger partial charge in [-0.1, -0.05) is 78.9 Å². The van der Waals surface area contributed by atoms with Crippen molar-refractivity contribution in [3.8, 4) is 11.3 Å². The molecule has 6 heteroatoms. The predicted molar refractivity (Wildman–Crippen MR) is 135 cm³/mol. The highest BCUT2D eigenvalue weighted by atomic mass is 16.3. The van der Waals surface area contributed by atoms with E-state index in [9.17, 15) is 5.11 Å². The van der Waals surface area contributed by atoms with Crippen LogP contribution in [0.25, 0.3) is 22.2 Å². The van der Waals surface area contributed by atoms with E-state index in [1.54, 1.807) is 11.0 Å². The van der Waals surface area contributed by atoms with E-state index in [0.29, 0.717) is 12.1 Å². The van der Waals surface area contributed by atoms with Gasteiger partial charge in [-0.2, -0.15) is 15.0 Å². The summed E-state index contributed by atoms with van der Waals surface area (Å²) >= 11 is 0. The minimum Gasteiger partial charge on any atom is -0.398 e. The van der Waals surface area contributed by atoms with Gasteiger partial charge in [0, 0.05) is 22.4 Å². The molecule has 2 aromatic heterocycles. The highest BCUT2D eigenvalue weighted by molar-refractivity contribution is 5.99. The van der Waals surface area contributed by atoms with E-state index in [1.165, 1.54) is 0 Å². The Bertz CT molecular complexity index is 1510. The number of pyridine rings is 1. The fraction of sp³-hybridized carbons (Fsp3) is 0.107. The van der Waals surface area contributed by atoms with Crippen molar-refractivity contribution < 1.29 is 5.11 Å². The average Bonchev–Trinajstić information content (AvgIpc) is 3.30. The molecule has 0 amide bonds. The Hall–Kier alpha value is -4.29. The van der Waals surface area contributed by atoms with Crippen molar-refractivity contribution in [3.63, 3.8) is 0 Å².